The first kappa shape index (κ1) is 12.9. The van der Waals surface area contributed by atoms with E-state index in [1.165, 1.54) is 11.3 Å². The Labute approximate surface area is 110 Å². The predicted octanol–water partition coefficient (Wildman–Crippen LogP) is 3.47. The number of hydrogen-bond donors (Lipinski definition) is 0. The molecule has 0 nitrogen and oxygen atoms in total. The second-order valence-corrected chi connectivity index (χ2v) is 20.2. The molecule has 0 unspecified atom stereocenters. The molecule has 0 amide bonds. The molecule has 1 aromatic heterocycles. The molecule has 0 N–H and O–H groups in total. The fourth-order valence-electron chi connectivity index (χ4n) is 0.752. The van der Waals surface area contributed by atoms with Crippen molar-refractivity contribution in [3.05, 3.63) is 11.4 Å². The highest BCUT2D eigenvalue weighted by molar-refractivity contribution is 7.76. The highest BCUT2D eigenvalue weighted by atomic mass is 35.8. The molecule has 0 aliphatic rings. The summed E-state index contributed by atoms with van der Waals surface area (Å²) in [5.74, 6) is 0. The smallest absolute Gasteiger partial charge is 0.150 e. The summed E-state index contributed by atoms with van der Waals surface area (Å²) in [5, 5.41) is 2.38. The average molecular weight is 351 g/mol. The Bertz CT molecular complexity index is 270. The summed E-state index contributed by atoms with van der Waals surface area (Å²) >= 11 is 36.3. The molecule has 0 aliphatic carbocycles. The molecule has 0 saturated carbocycles. The van der Waals surface area contributed by atoms with Gasteiger partial charge in [-0.1, -0.05) is 0 Å². The van der Waals surface area contributed by atoms with Crippen molar-refractivity contribution in [3.63, 3.8) is 0 Å². The largest absolute Gasteiger partial charge is 0.383 e. The van der Waals surface area contributed by atoms with E-state index in [1.807, 2.05) is 0 Å². The van der Waals surface area contributed by atoms with Crippen molar-refractivity contribution in [2.45, 2.75) is 0 Å². The third-order valence-corrected chi connectivity index (χ3v) is 10.0. The maximum atomic E-state index is 5.84. The lowest BCUT2D eigenvalue weighted by molar-refractivity contribution is 2.16. The minimum atomic E-state index is -2.93. The lowest BCUT2D eigenvalue weighted by Crippen LogP contribution is -2.47. The van der Waals surface area contributed by atoms with Crippen molar-refractivity contribution < 1.29 is 0 Å². The Balaban J connectivity index is 3.19. The van der Waals surface area contributed by atoms with E-state index < -0.39 is 12.0 Å². The van der Waals surface area contributed by atoms with Crippen LogP contribution in [0, 0.1) is 0 Å². The van der Waals surface area contributed by atoms with Gasteiger partial charge in [0, 0.05) is 4.50 Å². The van der Waals surface area contributed by atoms with Gasteiger partial charge in [-0.05, 0) is 16.6 Å². The van der Waals surface area contributed by atoms with Crippen LogP contribution in [-0.2, 0) is 0 Å². The van der Waals surface area contributed by atoms with E-state index in [1.54, 1.807) is 11.4 Å². The molecule has 0 spiro atoms. The lowest BCUT2D eigenvalue weighted by atomic mass is 10.7. The van der Waals surface area contributed by atoms with Gasteiger partial charge in [0.15, 0.2) is 0 Å². The molecule has 0 atom stereocenters. The first-order valence-corrected chi connectivity index (χ1v) is 13.9. The summed E-state index contributed by atoms with van der Waals surface area (Å²) in [5.41, 5.74) is 0. The number of halogens is 6. The molecule has 0 bridgehead atoms. The van der Waals surface area contributed by atoms with Crippen LogP contribution >= 0.6 is 77.8 Å². The number of hydrogen-bond acceptors (Lipinski definition) is 1. The molecule has 0 saturated heterocycles. The van der Waals surface area contributed by atoms with Gasteiger partial charge in [-0.3, -0.25) is 0 Å². The molecule has 1 rings (SSSR count). The van der Waals surface area contributed by atoms with Crippen LogP contribution in [0.15, 0.2) is 11.4 Å². The van der Waals surface area contributed by atoms with Crippen molar-refractivity contribution in [2.75, 3.05) is 0 Å². The predicted molar refractivity (Wildman–Crippen MR) is 70.2 cm³/mol. The zero-order valence-electron chi connectivity index (χ0n) is 5.83. The van der Waals surface area contributed by atoms with Gasteiger partial charge in [0.1, 0.15) is 0 Å². The highest BCUT2D eigenvalue weighted by Gasteiger charge is 2.40. The first-order valence-electron chi connectivity index (χ1n) is 2.95. The van der Waals surface area contributed by atoms with Gasteiger partial charge >= 0.3 is 12.0 Å². The van der Waals surface area contributed by atoms with Crippen molar-refractivity contribution in [2.24, 2.45) is 0 Å². The van der Waals surface area contributed by atoms with Gasteiger partial charge in [0.25, 0.3) is 0 Å². The number of thiophene rings is 1. The van der Waals surface area contributed by atoms with Crippen molar-refractivity contribution in [1.82, 2.24) is 0 Å². The van der Waals surface area contributed by atoms with Gasteiger partial charge < -0.3 is 0 Å². The summed E-state index contributed by atoms with van der Waals surface area (Å²) in [6.45, 7) is 0. The SMILES string of the molecule is Cl[Si](Cl)(Cl)c1ccsc1[Si](Cl)(Cl)Cl. The number of rotatable bonds is 2. The lowest BCUT2D eigenvalue weighted by Gasteiger charge is -2.12. The quantitative estimate of drug-likeness (QED) is 0.566. The van der Waals surface area contributed by atoms with Gasteiger partial charge in [-0.2, -0.15) is 0 Å². The molecule has 13 heavy (non-hydrogen) atoms. The highest BCUT2D eigenvalue weighted by Crippen LogP contribution is 2.26. The Kier molecular flexibility index (Phi) is 4.37. The zero-order valence-corrected chi connectivity index (χ0v) is 13.2. The second-order valence-electron chi connectivity index (χ2n) is 2.16. The van der Waals surface area contributed by atoms with E-state index in [0.29, 0.717) is 9.69 Å². The third kappa shape index (κ3) is 3.43. The van der Waals surface area contributed by atoms with Crippen molar-refractivity contribution >= 4 is 99.5 Å². The monoisotopic (exact) mass is 348 g/mol. The van der Waals surface area contributed by atoms with Gasteiger partial charge in [-0.25, -0.2) is 0 Å². The molecule has 1 aromatic rings. The Morgan fingerprint density at radius 2 is 1.46 bits per heavy atom. The van der Waals surface area contributed by atoms with E-state index in [4.69, 9.17) is 66.5 Å². The molecule has 0 aliphatic heterocycles. The van der Waals surface area contributed by atoms with E-state index in [2.05, 4.69) is 0 Å². The van der Waals surface area contributed by atoms with Crippen LogP contribution in [-0.4, -0.2) is 12.0 Å². The summed E-state index contributed by atoms with van der Waals surface area (Å²) in [4.78, 5) is 0. The second kappa shape index (κ2) is 4.39. The summed E-state index contributed by atoms with van der Waals surface area (Å²) in [7, 11) is 0. The van der Waals surface area contributed by atoms with Crippen LogP contribution in [0.25, 0.3) is 0 Å². The van der Waals surface area contributed by atoms with E-state index >= 15 is 0 Å². The van der Waals surface area contributed by atoms with Gasteiger partial charge in [0.05, 0.1) is 0 Å². The average Bonchev–Trinajstić information content (AvgIpc) is 2.27. The Morgan fingerprint density at radius 3 is 1.77 bits per heavy atom. The van der Waals surface area contributed by atoms with Crippen LogP contribution in [0.1, 0.15) is 0 Å². The van der Waals surface area contributed by atoms with E-state index in [-0.39, 0.29) is 0 Å². The summed E-state index contributed by atoms with van der Waals surface area (Å²) < 4.78 is 0.629. The molecule has 9 heteroatoms. The molecule has 0 fully saturated rings. The maximum absolute atomic E-state index is 5.84. The molecular formula is C4H2Cl6SSi2. The fraction of sp³-hybridized carbons (Fsp3) is 0. The van der Waals surface area contributed by atoms with E-state index in [0.717, 1.165) is 0 Å². The minimum Gasteiger partial charge on any atom is -0.150 e. The van der Waals surface area contributed by atoms with Crippen LogP contribution < -0.4 is 9.69 Å². The van der Waals surface area contributed by atoms with Crippen molar-refractivity contribution in [3.8, 4) is 0 Å². The maximum Gasteiger partial charge on any atom is 0.383 e. The molecule has 0 radical (unpaired) electrons. The summed E-state index contributed by atoms with van der Waals surface area (Å²) in [6, 6.07) is -4.13. The zero-order chi connectivity index (χ0) is 10.3. The Morgan fingerprint density at radius 1 is 0.923 bits per heavy atom. The standard InChI is InChI=1S/C4H2Cl6SSi2/c5-12(6,7)3-1-2-11-4(3)13(8,9)10/h1-2H. The molecular weight excluding hydrogens is 349 g/mol. The van der Waals surface area contributed by atoms with Crippen LogP contribution in [0.2, 0.25) is 0 Å². The topological polar surface area (TPSA) is 0 Å². The molecule has 74 valence electrons. The van der Waals surface area contributed by atoms with Crippen LogP contribution in [0.4, 0.5) is 0 Å². The third-order valence-electron chi connectivity index (χ3n) is 1.23. The molecule has 0 aromatic carbocycles. The van der Waals surface area contributed by atoms with Gasteiger partial charge in [0.2, 0.25) is 0 Å². The van der Waals surface area contributed by atoms with Crippen molar-refractivity contribution in [1.29, 1.82) is 0 Å². The summed E-state index contributed by atoms with van der Waals surface area (Å²) in [6.07, 6.45) is 0. The normalized spacial score (nSPS) is 13.4. The van der Waals surface area contributed by atoms with Crippen LogP contribution in [0.5, 0.6) is 0 Å². The van der Waals surface area contributed by atoms with Gasteiger partial charge in [-0.15, -0.1) is 77.8 Å². The fourth-order valence-corrected chi connectivity index (χ4v) is 10.3. The molecule has 1 heterocycles. The van der Waals surface area contributed by atoms with E-state index in [9.17, 15) is 0 Å². The van der Waals surface area contributed by atoms with Crippen LogP contribution in [0.3, 0.4) is 0 Å². The minimum absolute atomic E-state index is 0.606. The Hall–Kier alpha value is 1.87. The first-order chi connectivity index (χ1) is 5.73.